The molecule has 2 aromatic carbocycles. The van der Waals surface area contributed by atoms with Gasteiger partial charge in [-0.3, -0.25) is 9.69 Å². The lowest BCUT2D eigenvalue weighted by molar-refractivity contribution is -0.122. The van der Waals surface area contributed by atoms with Crippen LogP contribution >= 0.6 is 0 Å². The van der Waals surface area contributed by atoms with E-state index in [1.165, 1.54) is 12.1 Å². The molecule has 0 unspecified atom stereocenters. The van der Waals surface area contributed by atoms with E-state index in [9.17, 15) is 9.18 Å². The van der Waals surface area contributed by atoms with E-state index in [-0.39, 0.29) is 18.5 Å². The highest BCUT2D eigenvalue weighted by atomic mass is 19.1. The summed E-state index contributed by atoms with van der Waals surface area (Å²) in [5.41, 5.74) is 1.99. The van der Waals surface area contributed by atoms with Crippen LogP contribution in [0.4, 0.5) is 4.39 Å². The molecule has 1 aliphatic heterocycles. The zero-order valence-corrected chi connectivity index (χ0v) is 14.4. The Kier molecular flexibility index (Phi) is 4.75. The van der Waals surface area contributed by atoms with Crippen LogP contribution in [0.1, 0.15) is 24.0 Å². The Hall–Kier alpha value is -2.60. The highest BCUT2D eigenvalue weighted by molar-refractivity contribution is 5.78. The van der Waals surface area contributed by atoms with Gasteiger partial charge >= 0.3 is 0 Å². The SMILES string of the molecule is O=C(CN(Cc1ccc(F)cc1)C1CC1)NCc1ccc2c(c1)OCO2. The molecule has 0 bridgehead atoms. The monoisotopic (exact) mass is 356 g/mol. The number of hydrogen-bond acceptors (Lipinski definition) is 4. The number of carbonyl (C=O) groups excluding carboxylic acids is 1. The Labute approximate surface area is 151 Å². The molecule has 0 atom stereocenters. The van der Waals surface area contributed by atoms with Crippen LogP contribution in [0.5, 0.6) is 11.5 Å². The first-order valence-electron chi connectivity index (χ1n) is 8.81. The maximum Gasteiger partial charge on any atom is 0.234 e. The molecule has 0 radical (unpaired) electrons. The first-order valence-corrected chi connectivity index (χ1v) is 8.81. The molecule has 1 fully saturated rings. The second-order valence-electron chi connectivity index (χ2n) is 6.73. The number of amides is 1. The van der Waals surface area contributed by atoms with Gasteiger partial charge in [0.05, 0.1) is 6.54 Å². The number of hydrogen-bond donors (Lipinski definition) is 1. The maximum absolute atomic E-state index is 13.1. The van der Waals surface area contributed by atoms with Crippen LogP contribution in [0.15, 0.2) is 42.5 Å². The topological polar surface area (TPSA) is 50.8 Å². The zero-order valence-electron chi connectivity index (χ0n) is 14.4. The molecular formula is C20H21FN2O3. The molecular weight excluding hydrogens is 335 g/mol. The highest BCUT2D eigenvalue weighted by Gasteiger charge is 2.30. The summed E-state index contributed by atoms with van der Waals surface area (Å²) in [6, 6.07) is 12.6. The lowest BCUT2D eigenvalue weighted by Gasteiger charge is -2.21. The van der Waals surface area contributed by atoms with E-state index in [4.69, 9.17) is 9.47 Å². The number of fused-ring (bicyclic) bond motifs is 1. The van der Waals surface area contributed by atoms with Crippen LogP contribution in [0.2, 0.25) is 0 Å². The van der Waals surface area contributed by atoms with Crippen LogP contribution in [0.3, 0.4) is 0 Å². The van der Waals surface area contributed by atoms with Gasteiger partial charge in [-0.2, -0.15) is 0 Å². The molecule has 4 rings (SSSR count). The number of rotatable bonds is 7. The standard InChI is InChI=1S/C20H21FN2O3/c21-16-4-1-14(2-5-16)11-23(17-6-7-17)12-20(24)22-10-15-3-8-18-19(9-15)26-13-25-18/h1-5,8-9,17H,6-7,10-13H2,(H,22,24). The van der Waals surface area contributed by atoms with Crippen molar-refractivity contribution < 1.29 is 18.7 Å². The molecule has 2 aliphatic rings. The van der Waals surface area contributed by atoms with Gasteiger partial charge in [0, 0.05) is 19.1 Å². The number of ether oxygens (including phenoxy) is 2. The Balaban J connectivity index is 1.31. The minimum atomic E-state index is -0.242. The molecule has 6 heteroatoms. The number of halogens is 1. The molecule has 5 nitrogen and oxygen atoms in total. The summed E-state index contributed by atoms with van der Waals surface area (Å²) in [7, 11) is 0. The second kappa shape index (κ2) is 7.33. The van der Waals surface area contributed by atoms with Crippen molar-refractivity contribution in [2.24, 2.45) is 0 Å². The third-order valence-corrected chi connectivity index (χ3v) is 4.64. The van der Waals surface area contributed by atoms with Crippen LogP contribution in [0, 0.1) is 5.82 Å². The first kappa shape index (κ1) is 16.8. The van der Waals surface area contributed by atoms with Crippen LogP contribution in [-0.2, 0) is 17.9 Å². The Morgan fingerprint density at radius 2 is 1.81 bits per heavy atom. The summed E-state index contributed by atoms with van der Waals surface area (Å²) in [6.45, 7) is 1.68. The molecule has 136 valence electrons. The smallest absolute Gasteiger partial charge is 0.234 e. The minimum Gasteiger partial charge on any atom is -0.454 e. The van der Waals surface area contributed by atoms with Gasteiger partial charge in [-0.1, -0.05) is 18.2 Å². The first-order chi connectivity index (χ1) is 12.7. The van der Waals surface area contributed by atoms with Gasteiger partial charge in [-0.05, 0) is 48.2 Å². The fourth-order valence-corrected chi connectivity index (χ4v) is 3.07. The molecule has 1 N–H and O–H groups in total. The van der Waals surface area contributed by atoms with Gasteiger partial charge < -0.3 is 14.8 Å². The van der Waals surface area contributed by atoms with E-state index in [1.807, 2.05) is 18.2 Å². The van der Waals surface area contributed by atoms with E-state index in [1.54, 1.807) is 12.1 Å². The quantitative estimate of drug-likeness (QED) is 0.829. The molecule has 0 saturated heterocycles. The molecule has 0 aromatic heterocycles. The molecule has 1 amide bonds. The third kappa shape index (κ3) is 4.14. The van der Waals surface area contributed by atoms with Crippen molar-refractivity contribution in [1.29, 1.82) is 0 Å². The average molecular weight is 356 g/mol. The summed E-state index contributed by atoms with van der Waals surface area (Å²) < 4.78 is 23.7. The van der Waals surface area contributed by atoms with Gasteiger partial charge in [-0.15, -0.1) is 0 Å². The normalized spacial score (nSPS) is 15.3. The largest absolute Gasteiger partial charge is 0.454 e. The average Bonchev–Trinajstić information content (AvgIpc) is 3.39. The Bertz CT molecular complexity index is 790. The summed E-state index contributed by atoms with van der Waals surface area (Å²) in [6.07, 6.45) is 2.22. The summed E-state index contributed by atoms with van der Waals surface area (Å²) in [5, 5.41) is 2.96. The Morgan fingerprint density at radius 1 is 1.08 bits per heavy atom. The number of carbonyl (C=O) groups is 1. The molecule has 0 spiro atoms. The molecule has 1 heterocycles. The molecule has 1 aliphatic carbocycles. The summed E-state index contributed by atoms with van der Waals surface area (Å²) >= 11 is 0. The fourth-order valence-electron chi connectivity index (χ4n) is 3.07. The molecule has 1 saturated carbocycles. The predicted molar refractivity (Wildman–Crippen MR) is 94.2 cm³/mol. The molecule has 2 aromatic rings. The van der Waals surface area contributed by atoms with Gasteiger partial charge in [-0.25, -0.2) is 4.39 Å². The number of benzene rings is 2. The van der Waals surface area contributed by atoms with Gasteiger partial charge in [0.1, 0.15) is 5.82 Å². The maximum atomic E-state index is 13.1. The van der Waals surface area contributed by atoms with E-state index in [0.29, 0.717) is 31.4 Å². The van der Waals surface area contributed by atoms with E-state index in [2.05, 4.69) is 10.2 Å². The lowest BCUT2D eigenvalue weighted by atomic mass is 10.2. The lowest BCUT2D eigenvalue weighted by Crippen LogP contribution is -2.37. The van der Waals surface area contributed by atoms with Crippen molar-refractivity contribution in [2.45, 2.75) is 32.0 Å². The van der Waals surface area contributed by atoms with Crippen molar-refractivity contribution in [1.82, 2.24) is 10.2 Å². The van der Waals surface area contributed by atoms with Crippen LogP contribution < -0.4 is 14.8 Å². The third-order valence-electron chi connectivity index (χ3n) is 4.64. The van der Waals surface area contributed by atoms with E-state index in [0.717, 1.165) is 29.7 Å². The van der Waals surface area contributed by atoms with Crippen LogP contribution in [0.25, 0.3) is 0 Å². The van der Waals surface area contributed by atoms with Gasteiger partial charge in [0.15, 0.2) is 11.5 Å². The van der Waals surface area contributed by atoms with Crippen LogP contribution in [-0.4, -0.2) is 30.2 Å². The Morgan fingerprint density at radius 3 is 2.58 bits per heavy atom. The number of nitrogens with zero attached hydrogens (tertiary/aromatic N) is 1. The van der Waals surface area contributed by atoms with Gasteiger partial charge in [0.2, 0.25) is 12.7 Å². The van der Waals surface area contributed by atoms with Crippen molar-refractivity contribution >= 4 is 5.91 Å². The predicted octanol–water partition coefficient (Wildman–Crippen LogP) is 2.84. The fraction of sp³-hybridized carbons (Fsp3) is 0.350. The second-order valence-corrected chi connectivity index (χ2v) is 6.73. The van der Waals surface area contributed by atoms with Crippen molar-refractivity contribution in [3.8, 4) is 11.5 Å². The highest BCUT2D eigenvalue weighted by Crippen LogP contribution is 2.32. The van der Waals surface area contributed by atoms with Crippen molar-refractivity contribution in [3.63, 3.8) is 0 Å². The van der Waals surface area contributed by atoms with E-state index >= 15 is 0 Å². The minimum absolute atomic E-state index is 0.0170. The van der Waals surface area contributed by atoms with Crippen molar-refractivity contribution in [3.05, 3.63) is 59.4 Å². The summed E-state index contributed by atoms with van der Waals surface area (Å²) in [4.78, 5) is 14.5. The summed E-state index contributed by atoms with van der Waals surface area (Å²) in [5.74, 6) is 1.19. The van der Waals surface area contributed by atoms with Gasteiger partial charge in [0.25, 0.3) is 0 Å². The zero-order chi connectivity index (χ0) is 17.9. The van der Waals surface area contributed by atoms with Crippen molar-refractivity contribution in [2.75, 3.05) is 13.3 Å². The van der Waals surface area contributed by atoms with E-state index < -0.39 is 0 Å². The molecule has 26 heavy (non-hydrogen) atoms. The number of nitrogens with one attached hydrogen (secondary N) is 1.